The highest BCUT2D eigenvalue weighted by Crippen LogP contribution is 2.29. The molecule has 1 aliphatic heterocycles. The fraction of sp³-hybridized carbons (Fsp3) is 0.300. The van der Waals surface area contributed by atoms with Crippen molar-refractivity contribution in [1.82, 2.24) is 4.98 Å². The lowest BCUT2D eigenvalue weighted by atomic mass is 10.1. The lowest BCUT2D eigenvalue weighted by molar-refractivity contribution is -0.141. The fourth-order valence-corrected chi connectivity index (χ4v) is 2.24. The van der Waals surface area contributed by atoms with Crippen molar-refractivity contribution in [1.29, 1.82) is 0 Å². The van der Waals surface area contributed by atoms with E-state index in [1.54, 1.807) is 6.07 Å². The van der Waals surface area contributed by atoms with Crippen LogP contribution in [0.4, 0.5) is 5.69 Å². The minimum absolute atomic E-state index is 0.0447. The van der Waals surface area contributed by atoms with Gasteiger partial charge in [-0.2, -0.15) is 0 Å². The summed E-state index contributed by atoms with van der Waals surface area (Å²) in [5.41, 5.74) is 0.605. The van der Waals surface area contributed by atoms with E-state index in [2.05, 4.69) is 36.8 Å². The molecule has 5 nitrogen and oxygen atoms in total. The van der Waals surface area contributed by atoms with Gasteiger partial charge in [0.15, 0.2) is 0 Å². The van der Waals surface area contributed by atoms with E-state index in [-0.39, 0.29) is 18.9 Å². The summed E-state index contributed by atoms with van der Waals surface area (Å²) in [6.45, 7) is 0.198. The molecule has 2 rings (SSSR count). The Labute approximate surface area is 114 Å². The van der Waals surface area contributed by atoms with E-state index < -0.39 is 11.9 Å². The maximum absolute atomic E-state index is 11.7. The Kier molecular flexibility index (Phi) is 3.48. The Morgan fingerprint density at radius 1 is 1.53 bits per heavy atom. The number of nitrogens with zero attached hydrogens (tertiary/aromatic N) is 2. The number of aliphatic carboxylic acids is 1. The van der Waals surface area contributed by atoms with E-state index >= 15 is 0 Å². The third-order valence-corrected chi connectivity index (χ3v) is 4.34. The van der Waals surface area contributed by atoms with E-state index in [0.717, 1.165) is 4.47 Å². The van der Waals surface area contributed by atoms with Crippen LogP contribution in [0.1, 0.15) is 6.42 Å². The summed E-state index contributed by atoms with van der Waals surface area (Å²) in [5, 5.41) is 8.88. The van der Waals surface area contributed by atoms with Crippen molar-refractivity contribution >= 4 is 49.4 Å². The summed E-state index contributed by atoms with van der Waals surface area (Å²) < 4.78 is 1.37. The van der Waals surface area contributed by atoms with Gasteiger partial charge in [-0.3, -0.25) is 9.59 Å². The van der Waals surface area contributed by atoms with Crippen molar-refractivity contribution < 1.29 is 14.7 Å². The minimum Gasteiger partial charge on any atom is -0.481 e. The van der Waals surface area contributed by atoms with Gasteiger partial charge < -0.3 is 10.0 Å². The van der Waals surface area contributed by atoms with E-state index in [1.807, 2.05) is 0 Å². The summed E-state index contributed by atoms with van der Waals surface area (Å²) in [6, 6.07) is 1.74. The van der Waals surface area contributed by atoms with Crippen LogP contribution in [-0.4, -0.2) is 28.5 Å². The summed E-state index contributed by atoms with van der Waals surface area (Å²) in [4.78, 5) is 28.0. The monoisotopic (exact) mass is 362 g/mol. The zero-order valence-electron chi connectivity index (χ0n) is 8.56. The normalized spacial score (nSPS) is 19.8. The first-order chi connectivity index (χ1) is 7.99. The van der Waals surface area contributed by atoms with Gasteiger partial charge in [-0.25, -0.2) is 4.98 Å². The largest absolute Gasteiger partial charge is 0.481 e. The van der Waals surface area contributed by atoms with E-state index in [0.29, 0.717) is 10.3 Å². The first-order valence-electron chi connectivity index (χ1n) is 4.83. The molecule has 0 saturated carbocycles. The molecule has 0 bridgehead atoms. The number of rotatable bonds is 2. The second-order valence-electron chi connectivity index (χ2n) is 3.71. The number of carbonyl (C=O) groups is 2. The second-order valence-corrected chi connectivity index (χ2v) is 5.32. The molecule has 1 saturated heterocycles. The molecule has 2 heterocycles. The van der Waals surface area contributed by atoms with Gasteiger partial charge in [-0.1, -0.05) is 0 Å². The van der Waals surface area contributed by atoms with Crippen LogP contribution in [0.15, 0.2) is 21.3 Å². The Morgan fingerprint density at radius 2 is 2.24 bits per heavy atom. The number of hydrogen-bond acceptors (Lipinski definition) is 3. The molecule has 1 aliphatic rings. The lowest BCUT2D eigenvalue weighted by Crippen LogP contribution is -2.25. The summed E-state index contributed by atoms with van der Waals surface area (Å²) in [6.07, 6.45) is 1.58. The molecule has 1 amide bonds. The number of carboxylic acids is 1. The van der Waals surface area contributed by atoms with Gasteiger partial charge in [0.1, 0.15) is 4.60 Å². The first kappa shape index (κ1) is 12.5. The van der Waals surface area contributed by atoms with Crippen LogP contribution in [0.3, 0.4) is 0 Å². The van der Waals surface area contributed by atoms with E-state index in [1.165, 1.54) is 11.1 Å². The van der Waals surface area contributed by atoms with Crippen LogP contribution >= 0.6 is 31.9 Å². The molecule has 1 aromatic rings. The van der Waals surface area contributed by atoms with E-state index in [4.69, 9.17) is 5.11 Å². The van der Waals surface area contributed by atoms with Crippen molar-refractivity contribution in [3.8, 4) is 0 Å². The van der Waals surface area contributed by atoms with Crippen molar-refractivity contribution in [2.75, 3.05) is 11.4 Å². The molecule has 1 N–H and O–H groups in total. The molecule has 0 aliphatic carbocycles. The van der Waals surface area contributed by atoms with Gasteiger partial charge in [0.25, 0.3) is 0 Å². The molecule has 90 valence electrons. The van der Waals surface area contributed by atoms with Crippen LogP contribution < -0.4 is 4.90 Å². The van der Waals surface area contributed by atoms with Gasteiger partial charge in [-0.15, -0.1) is 0 Å². The number of aromatic nitrogens is 1. The molecule has 1 unspecified atom stereocenters. The van der Waals surface area contributed by atoms with Crippen molar-refractivity contribution in [3.05, 3.63) is 21.3 Å². The quantitative estimate of drug-likeness (QED) is 0.816. The summed E-state index contributed by atoms with van der Waals surface area (Å²) in [7, 11) is 0. The molecule has 0 aromatic carbocycles. The third kappa shape index (κ3) is 2.50. The average molecular weight is 364 g/mol. The number of hydrogen-bond donors (Lipinski definition) is 1. The summed E-state index contributed by atoms with van der Waals surface area (Å²) in [5.74, 6) is -1.76. The molecular formula is C10H8Br2N2O3. The molecule has 0 radical (unpaired) electrons. The minimum atomic E-state index is -0.940. The zero-order chi connectivity index (χ0) is 12.6. The predicted octanol–water partition coefficient (Wildman–Crippen LogP) is 2.04. The van der Waals surface area contributed by atoms with Crippen molar-refractivity contribution in [2.45, 2.75) is 6.42 Å². The fourth-order valence-electron chi connectivity index (χ4n) is 1.68. The van der Waals surface area contributed by atoms with Crippen LogP contribution in [-0.2, 0) is 9.59 Å². The predicted molar refractivity (Wildman–Crippen MR) is 67.7 cm³/mol. The highest BCUT2D eigenvalue weighted by molar-refractivity contribution is 9.13. The van der Waals surface area contributed by atoms with E-state index in [9.17, 15) is 9.59 Å². The molecule has 1 aromatic heterocycles. The number of carbonyl (C=O) groups excluding carboxylic acids is 1. The van der Waals surface area contributed by atoms with Crippen molar-refractivity contribution in [2.24, 2.45) is 5.92 Å². The highest BCUT2D eigenvalue weighted by atomic mass is 79.9. The van der Waals surface area contributed by atoms with Crippen LogP contribution in [0.2, 0.25) is 0 Å². The third-order valence-electron chi connectivity index (χ3n) is 2.57. The summed E-state index contributed by atoms with van der Waals surface area (Å²) >= 11 is 6.53. The standard InChI is InChI=1S/C10H8Br2N2O3/c11-7-2-6(3-13-9(7)12)14-4-5(10(16)17)1-8(14)15/h2-3,5H,1,4H2,(H,16,17). The molecule has 17 heavy (non-hydrogen) atoms. The maximum Gasteiger partial charge on any atom is 0.308 e. The lowest BCUT2D eigenvalue weighted by Gasteiger charge is -2.16. The second kappa shape index (κ2) is 4.73. The van der Waals surface area contributed by atoms with Gasteiger partial charge >= 0.3 is 5.97 Å². The van der Waals surface area contributed by atoms with Gasteiger partial charge in [0.2, 0.25) is 5.91 Å². The zero-order valence-corrected chi connectivity index (χ0v) is 11.7. The topological polar surface area (TPSA) is 70.5 Å². The van der Waals surface area contributed by atoms with Gasteiger partial charge in [-0.05, 0) is 37.9 Å². The SMILES string of the molecule is O=C(O)C1CC(=O)N(c2cnc(Br)c(Br)c2)C1. The Hall–Kier alpha value is -0.950. The van der Waals surface area contributed by atoms with Crippen LogP contribution in [0, 0.1) is 5.92 Å². The van der Waals surface area contributed by atoms with Crippen LogP contribution in [0.25, 0.3) is 0 Å². The number of carboxylic acid groups (broad SMARTS) is 1. The molecular weight excluding hydrogens is 356 g/mol. The Balaban J connectivity index is 2.26. The average Bonchev–Trinajstić information content (AvgIpc) is 2.65. The van der Waals surface area contributed by atoms with Crippen LogP contribution in [0.5, 0.6) is 0 Å². The van der Waals surface area contributed by atoms with Gasteiger partial charge in [0.05, 0.1) is 22.3 Å². The Morgan fingerprint density at radius 3 is 2.76 bits per heavy atom. The Bertz CT molecular complexity index is 492. The van der Waals surface area contributed by atoms with Gasteiger partial charge in [0, 0.05) is 13.0 Å². The number of halogens is 2. The highest BCUT2D eigenvalue weighted by Gasteiger charge is 2.35. The molecule has 7 heteroatoms. The molecule has 1 atom stereocenters. The van der Waals surface area contributed by atoms with Crippen molar-refractivity contribution in [3.63, 3.8) is 0 Å². The molecule has 0 spiro atoms. The molecule has 1 fully saturated rings. The first-order valence-corrected chi connectivity index (χ1v) is 6.42. The number of anilines is 1. The smallest absolute Gasteiger partial charge is 0.308 e. The number of pyridine rings is 1. The number of amides is 1. The maximum atomic E-state index is 11.7.